The zero-order valence-electron chi connectivity index (χ0n) is 18.6. The van der Waals surface area contributed by atoms with Crippen LogP contribution in [0.4, 0.5) is 13.6 Å². The SMILES string of the molecule is CN1C(=O)N(CC(F)(CC(=NO)c2ccc(-c3ccc(Cl)cc3)c(F)c2)C(=O)O)C(=O)C1(C)C. The summed E-state index contributed by atoms with van der Waals surface area (Å²) >= 11 is 5.85. The van der Waals surface area contributed by atoms with Crippen molar-refractivity contribution in [2.24, 2.45) is 5.16 Å². The van der Waals surface area contributed by atoms with E-state index >= 15 is 4.39 Å². The van der Waals surface area contributed by atoms with Gasteiger partial charge in [-0.2, -0.15) is 0 Å². The first-order valence-corrected chi connectivity index (χ1v) is 10.5. The Bertz CT molecular complexity index is 1190. The van der Waals surface area contributed by atoms with Crippen molar-refractivity contribution in [1.82, 2.24) is 9.80 Å². The van der Waals surface area contributed by atoms with E-state index in [4.69, 9.17) is 11.6 Å². The number of hydrogen-bond acceptors (Lipinski definition) is 5. The number of carboxylic acids is 1. The number of hydrogen-bond donors (Lipinski definition) is 2. The van der Waals surface area contributed by atoms with Gasteiger partial charge in [0.05, 0.1) is 12.3 Å². The molecule has 1 saturated heterocycles. The number of urea groups is 1. The van der Waals surface area contributed by atoms with E-state index in [2.05, 4.69) is 5.16 Å². The van der Waals surface area contributed by atoms with Crippen molar-refractivity contribution in [1.29, 1.82) is 0 Å². The zero-order valence-corrected chi connectivity index (χ0v) is 19.3. The number of aliphatic carboxylic acids is 1. The molecule has 3 rings (SSSR count). The fraction of sp³-hybridized carbons (Fsp3) is 0.304. The molecule has 3 amide bonds. The molecule has 2 N–H and O–H groups in total. The van der Waals surface area contributed by atoms with Crippen LogP contribution in [0.25, 0.3) is 11.1 Å². The second-order valence-corrected chi connectivity index (χ2v) is 8.92. The van der Waals surface area contributed by atoms with Crippen molar-refractivity contribution in [2.45, 2.75) is 31.5 Å². The Morgan fingerprint density at radius 1 is 1.18 bits per heavy atom. The molecule has 1 aliphatic rings. The van der Waals surface area contributed by atoms with Crippen molar-refractivity contribution < 1.29 is 33.5 Å². The number of imide groups is 1. The predicted molar refractivity (Wildman–Crippen MR) is 120 cm³/mol. The third-order valence-corrected chi connectivity index (χ3v) is 6.19. The lowest BCUT2D eigenvalue weighted by Crippen LogP contribution is -2.50. The Kier molecular flexibility index (Phi) is 6.66. The smallest absolute Gasteiger partial charge is 0.343 e. The van der Waals surface area contributed by atoms with Gasteiger partial charge in [-0.1, -0.05) is 41.0 Å². The number of benzene rings is 2. The van der Waals surface area contributed by atoms with E-state index in [9.17, 15) is 29.1 Å². The number of likely N-dealkylation sites (N-methyl/N-ethyl adjacent to an activating group) is 1. The largest absolute Gasteiger partial charge is 0.479 e. The van der Waals surface area contributed by atoms with E-state index in [1.54, 1.807) is 24.3 Å². The molecule has 0 aliphatic carbocycles. The minimum atomic E-state index is -3.19. The molecule has 0 spiro atoms. The van der Waals surface area contributed by atoms with Gasteiger partial charge in [-0.25, -0.2) is 18.4 Å². The Hall–Kier alpha value is -3.53. The molecule has 1 unspecified atom stereocenters. The average Bonchev–Trinajstić information content (AvgIpc) is 2.93. The lowest BCUT2D eigenvalue weighted by atomic mass is 9.92. The first kappa shape index (κ1) is 25.1. The fourth-order valence-electron chi connectivity index (χ4n) is 3.59. The van der Waals surface area contributed by atoms with Crippen LogP contribution >= 0.6 is 11.6 Å². The van der Waals surface area contributed by atoms with Gasteiger partial charge in [0.1, 0.15) is 11.4 Å². The summed E-state index contributed by atoms with van der Waals surface area (Å²) in [6.45, 7) is 1.78. The van der Waals surface area contributed by atoms with Gasteiger partial charge >= 0.3 is 12.0 Å². The van der Waals surface area contributed by atoms with Gasteiger partial charge < -0.3 is 15.2 Å². The second-order valence-electron chi connectivity index (χ2n) is 8.49. The number of carboxylic acid groups (broad SMARTS) is 1. The van der Waals surface area contributed by atoms with E-state index in [1.165, 1.54) is 33.0 Å². The van der Waals surface area contributed by atoms with Crippen molar-refractivity contribution in [3.8, 4) is 11.1 Å². The van der Waals surface area contributed by atoms with E-state index in [1.807, 2.05) is 0 Å². The third-order valence-electron chi connectivity index (χ3n) is 5.94. The first-order chi connectivity index (χ1) is 15.8. The van der Waals surface area contributed by atoms with Gasteiger partial charge in [0, 0.05) is 29.6 Å². The zero-order chi connectivity index (χ0) is 25.4. The molecule has 1 fully saturated rings. The summed E-state index contributed by atoms with van der Waals surface area (Å²) in [6, 6.07) is 9.17. The summed E-state index contributed by atoms with van der Waals surface area (Å²) in [5.41, 5.74) is -4.32. The summed E-state index contributed by atoms with van der Waals surface area (Å²) in [7, 11) is 1.34. The van der Waals surface area contributed by atoms with Crippen LogP contribution in [0, 0.1) is 5.82 Å². The monoisotopic (exact) mass is 493 g/mol. The molecule has 2 aromatic carbocycles. The number of carbonyl (C=O) groups is 3. The van der Waals surface area contributed by atoms with E-state index in [-0.39, 0.29) is 11.1 Å². The highest BCUT2D eigenvalue weighted by molar-refractivity contribution is 6.30. The molecule has 2 aromatic rings. The van der Waals surface area contributed by atoms with Gasteiger partial charge in [-0.15, -0.1) is 0 Å². The van der Waals surface area contributed by atoms with Gasteiger partial charge in [0.25, 0.3) is 5.91 Å². The quantitative estimate of drug-likeness (QED) is 0.260. The molecule has 0 saturated carbocycles. The van der Waals surface area contributed by atoms with Crippen molar-refractivity contribution in [3.05, 3.63) is 58.9 Å². The normalized spacial score (nSPS) is 17.8. The van der Waals surface area contributed by atoms with Crippen LogP contribution in [-0.4, -0.2) is 68.5 Å². The van der Waals surface area contributed by atoms with Crippen molar-refractivity contribution in [2.75, 3.05) is 13.6 Å². The molecule has 180 valence electrons. The first-order valence-electron chi connectivity index (χ1n) is 10.1. The summed E-state index contributed by atoms with van der Waals surface area (Å²) in [6.07, 6.45) is -1.03. The van der Waals surface area contributed by atoms with Crippen molar-refractivity contribution in [3.63, 3.8) is 0 Å². The molecular formula is C23H22ClF2N3O5. The summed E-state index contributed by atoms with van der Waals surface area (Å²) in [5.74, 6) is -3.47. The number of amides is 3. The molecule has 0 aromatic heterocycles. The minimum absolute atomic E-state index is 0.0717. The number of rotatable bonds is 7. The standard InChI is InChI=1S/C23H22ClF2N3O5/c1-22(2)19(30)29(21(33)28(22)3)12-23(26,20(31)32)11-18(27-34)14-6-9-16(17(25)10-14)13-4-7-15(24)8-5-13/h4-10,34H,11-12H2,1-3H3,(H,31,32). The predicted octanol–water partition coefficient (Wildman–Crippen LogP) is 4.18. The van der Waals surface area contributed by atoms with Crippen LogP contribution in [0.15, 0.2) is 47.6 Å². The second kappa shape index (κ2) is 9.02. The molecular weight excluding hydrogens is 472 g/mol. The van der Waals surface area contributed by atoms with Crippen LogP contribution in [0.1, 0.15) is 25.8 Å². The Morgan fingerprint density at radius 2 is 1.79 bits per heavy atom. The average molecular weight is 494 g/mol. The maximum absolute atomic E-state index is 15.6. The Balaban J connectivity index is 1.89. The van der Waals surface area contributed by atoms with Gasteiger partial charge in [-0.05, 0) is 37.6 Å². The van der Waals surface area contributed by atoms with Crippen LogP contribution in [0.5, 0.6) is 0 Å². The van der Waals surface area contributed by atoms with E-state index < -0.39 is 53.6 Å². The van der Waals surface area contributed by atoms with E-state index in [0.29, 0.717) is 15.5 Å². The Labute approximate surface area is 199 Å². The van der Waals surface area contributed by atoms with Crippen LogP contribution in [0.2, 0.25) is 5.02 Å². The molecule has 0 radical (unpaired) electrons. The lowest BCUT2D eigenvalue weighted by molar-refractivity contribution is -0.152. The van der Waals surface area contributed by atoms with Gasteiger partial charge in [0.15, 0.2) is 0 Å². The molecule has 1 heterocycles. The number of carbonyl (C=O) groups excluding carboxylic acids is 2. The summed E-state index contributed by atoms with van der Waals surface area (Å²) in [5, 5.41) is 22.5. The Morgan fingerprint density at radius 3 is 2.26 bits per heavy atom. The summed E-state index contributed by atoms with van der Waals surface area (Å²) in [4.78, 5) is 38.4. The highest BCUT2D eigenvalue weighted by Crippen LogP contribution is 2.31. The van der Waals surface area contributed by atoms with Gasteiger partial charge in [-0.3, -0.25) is 9.69 Å². The third kappa shape index (κ3) is 4.45. The fourth-order valence-corrected chi connectivity index (χ4v) is 3.71. The minimum Gasteiger partial charge on any atom is -0.479 e. The van der Waals surface area contributed by atoms with Crippen molar-refractivity contribution >= 4 is 35.2 Å². The molecule has 8 nitrogen and oxygen atoms in total. The molecule has 1 atom stereocenters. The molecule has 34 heavy (non-hydrogen) atoms. The number of nitrogens with zero attached hydrogens (tertiary/aromatic N) is 3. The molecule has 11 heteroatoms. The highest BCUT2D eigenvalue weighted by atomic mass is 35.5. The van der Waals surface area contributed by atoms with Crippen LogP contribution < -0.4 is 0 Å². The van der Waals surface area contributed by atoms with Gasteiger partial charge in [0.2, 0.25) is 5.67 Å². The lowest BCUT2D eigenvalue weighted by Gasteiger charge is -2.25. The summed E-state index contributed by atoms with van der Waals surface area (Å²) < 4.78 is 30.4. The molecule has 0 bridgehead atoms. The number of oxime groups is 1. The maximum Gasteiger partial charge on any atom is 0.343 e. The van der Waals surface area contributed by atoms with E-state index in [0.717, 1.165) is 11.0 Å². The maximum atomic E-state index is 15.6. The van der Waals surface area contributed by atoms with Crippen LogP contribution in [0.3, 0.4) is 0 Å². The molecule has 1 aliphatic heterocycles. The van der Waals surface area contributed by atoms with Crippen LogP contribution in [-0.2, 0) is 9.59 Å². The highest BCUT2D eigenvalue weighted by Gasteiger charge is 2.54. The topological polar surface area (TPSA) is 111 Å². The number of halogens is 3. The number of alkyl halides is 1.